The van der Waals surface area contributed by atoms with Gasteiger partial charge in [0.15, 0.2) is 5.82 Å². The Balaban J connectivity index is 1.33. The van der Waals surface area contributed by atoms with Gasteiger partial charge in [-0.1, -0.05) is 42.5 Å². The van der Waals surface area contributed by atoms with Crippen LogP contribution in [0.25, 0.3) is 11.3 Å². The van der Waals surface area contributed by atoms with Crippen LogP contribution in [0.5, 0.6) is 0 Å². The molecule has 1 atom stereocenters. The summed E-state index contributed by atoms with van der Waals surface area (Å²) in [5.74, 6) is 1.02. The van der Waals surface area contributed by atoms with E-state index in [1.807, 2.05) is 59.5 Å². The molecule has 0 aliphatic carbocycles. The quantitative estimate of drug-likeness (QED) is 0.633. The summed E-state index contributed by atoms with van der Waals surface area (Å²) in [4.78, 5) is 20.0. The van der Waals surface area contributed by atoms with Gasteiger partial charge >= 0.3 is 0 Å². The number of carbonyl (C=O) groups is 1. The Bertz CT molecular complexity index is 1050. The molecule has 6 heteroatoms. The van der Waals surface area contributed by atoms with Gasteiger partial charge in [-0.3, -0.25) is 4.79 Å². The maximum atomic E-state index is 13.4. The van der Waals surface area contributed by atoms with E-state index in [2.05, 4.69) is 39.2 Å². The molecule has 3 aromatic rings. The van der Waals surface area contributed by atoms with Gasteiger partial charge in [-0.25, -0.2) is 0 Å². The molecule has 2 fully saturated rings. The van der Waals surface area contributed by atoms with Gasteiger partial charge in [0.1, 0.15) is 0 Å². The van der Waals surface area contributed by atoms with Crippen LogP contribution in [0, 0.1) is 0 Å². The fourth-order valence-electron chi connectivity index (χ4n) is 4.67. The third-order valence-electron chi connectivity index (χ3n) is 6.54. The third-order valence-corrected chi connectivity index (χ3v) is 6.54. The van der Waals surface area contributed by atoms with E-state index in [-0.39, 0.29) is 11.9 Å². The fraction of sp³-hybridized carbons (Fsp3) is 0.346. The van der Waals surface area contributed by atoms with Crippen molar-refractivity contribution >= 4 is 11.7 Å². The smallest absolute Gasteiger partial charge is 0.254 e. The highest BCUT2D eigenvalue weighted by Crippen LogP contribution is 2.27. The number of carbonyl (C=O) groups excluding carboxylic acids is 1. The van der Waals surface area contributed by atoms with Crippen LogP contribution in [0.15, 0.2) is 66.7 Å². The summed E-state index contributed by atoms with van der Waals surface area (Å²) in [5, 5.41) is 8.84. The maximum Gasteiger partial charge on any atom is 0.254 e. The van der Waals surface area contributed by atoms with E-state index in [0.29, 0.717) is 5.56 Å². The molecule has 0 bridgehead atoms. The van der Waals surface area contributed by atoms with E-state index in [9.17, 15) is 4.79 Å². The molecule has 3 heterocycles. The van der Waals surface area contributed by atoms with E-state index in [0.717, 1.165) is 49.8 Å². The number of rotatable bonds is 4. The van der Waals surface area contributed by atoms with E-state index in [4.69, 9.17) is 0 Å². The van der Waals surface area contributed by atoms with E-state index < -0.39 is 0 Å². The van der Waals surface area contributed by atoms with Crippen molar-refractivity contribution in [1.82, 2.24) is 20.0 Å². The number of hydrogen-bond donors (Lipinski definition) is 0. The summed E-state index contributed by atoms with van der Waals surface area (Å²) in [6.45, 7) is 4.56. The van der Waals surface area contributed by atoms with Crippen LogP contribution in [0.1, 0.15) is 34.8 Å². The summed E-state index contributed by atoms with van der Waals surface area (Å²) in [6, 6.07) is 22.2. The minimum absolute atomic E-state index is 0.0612. The maximum absolute atomic E-state index is 13.4. The van der Waals surface area contributed by atoms with E-state index in [1.54, 1.807) is 0 Å². The zero-order valence-electron chi connectivity index (χ0n) is 18.5. The van der Waals surface area contributed by atoms with Crippen LogP contribution < -0.4 is 4.90 Å². The van der Waals surface area contributed by atoms with Gasteiger partial charge in [-0.15, -0.1) is 10.2 Å². The molecule has 2 aliphatic heterocycles. The number of piperazine rings is 1. The molecule has 2 saturated heterocycles. The molecule has 0 saturated carbocycles. The first-order valence-electron chi connectivity index (χ1n) is 11.4. The van der Waals surface area contributed by atoms with Crippen molar-refractivity contribution in [2.45, 2.75) is 18.9 Å². The van der Waals surface area contributed by atoms with Crippen LogP contribution >= 0.6 is 0 Å². The van der Waals surface area contributed by atoms with Crippen molar-refractivity contribution in [2.75, 3.05) is 44.7 Å². The monoisotopic (exact) mass is 427 g/mol. The number of aromatic nitrogens is 2. The summed E-state index contributed by atoms with van der Waals surface area (Å²) in [6.07, 6.45) is 2.44. The van der Waals surface area contributed by atoms with Crippen molar-refractivity contribution < 1.29 is 4.79 Å². The van der Waals surface area contributed by atoms with Gasteiger partial charge in [0.25, 0.3) is 5.91 Å². The minimum atomic E-state index is 0.0612. The van der Waals surface area contributed by atoms with E-state index >= 15 is 0 Å². The lowest BCUT2D eigenvalue weighted by molar-refractivity contribution is 0.0498. The van der Waals surface area contributed by atoms with E-state index in [1.165, 1.54) is 18.4 Å². The van der Waals surface area contributed by atoms with Crippen LogP contribution in [0.4, 0.5) is 5.82 Å². The normalized spacial score (nSPS) is 19.3. The zero-order chi connectivity index (χ0) is 21.9. The number of anilines is 1. The highest BCUT2D eigenvalue weighted by molar-refractivity contribution is 5.95. The van der Waals surface area contributed by atoms with Crippen molar-refractivity contribution in [1.29, 1.82) is 0 Å². The van der Waals surface area contributed by atoms with Gasteiger partial charge in [0.2, 0.25) is 0 Å². The molecular formula is C26H29N5O. The molecule has 0 spiro atoms. The lowest BCUT2D eigenvalue weighted by Gasteiger charge is -2.40. The summed E-state index contributed by atoms with van der Waals surface area (Å²) < 4.78 is 0. The molecule has 0 N–H and O–H groups in total. The standard InChI is InChI=1S/C26H29N5O/c1-29-17-18-31(24(19-29)21-7-3-2-4-8-21)26(32)22-11-9-20(10-12-22)23-13-14-25(28-27-23)30-15-5-6-16-30/h2-4,7-14,24H,5-6,15-19H2,1H3/t24-/m0/s1. The predicted octanol–water partition coefficient (Wildman–Crippen LogP) is 3.87. The Labute approximate surface area is 189 Å². The Morgan fingerprint density at radius 2 is 1.59 bits per heavy atom. The van der Waals surface area contributed by atoms with Crippen molar-refractivity contribution in [3.05, 3.63) is 77.9 Å². The summed E-state index contributed by atoms with van der Waals surface area (Å²) in [5.41, 5.74) is 3.69. The molecule has 1 aromatic heterocycles. The van der Waals surface area contributed by atoms with Crippen molar-refractivity contribution in [3.8, 4) is 11.3 Å². The molecule has 1 amide bonds. The highest BCUT2D eigenvalue weighted by Gasteiger charge is 2.30. The van der Waals surface area contributed by atoms with Crippen LogP contribution in [-0.2, 0) is 0 Å². The van der Waals surface area contributed by atoms with Crippen LogP contribution in [0.2, 0.25) is 0 Å². The average Bonchev–Trinajstić information content (AvgIpc) is 3.39. The van der Waals surface area contributed by atoms with Gasteiger partial charge in [-0.2, -0.15) is 0 Å². The first kappa shape index (κ1) is 20.6. The molecular weight excluding hydrogens is 398 g/mol. The Morgan fingerprint density at radius 1 is 0.844 bits per heavy atom. The highest BCUT2D eigenvalue weighted by atomic mass is 16.2. The number of benzene rings is 2. The van der Waals surface area contributed by atoms with Gasteiger partial charge in [0.05, 0.1) is 11.7 Å². The first-order chi connectivity index (χ1) is 15.7. The lowest BCUT2D eigenvalue weighted by Crippen LogP contribution is -2.49. The second kappa shape index (κ2) is 9.09. The zero-order valence-corrected chi connectivity index (χ0v) is 18.5. The van der Waals surface area contributed by atoms with Gasteiger partial charge in [0, 0.05) is 43.9 Å². The second-order valence-corrected chi connectivity index (χ2v) is 8.74. The largest absolute Gasteiger partial charge is 0.355 e. The van der Waals surface area contributed by atoms with Crippen LogP contribution in [0.3, 0.4) is 0 Å². The number of hydrogen-bond acceptors (Lipinski definition) is 5. The SMILES string of the molecule is CN1CCN(C(=O)c2ccc(-c3ccc(N4CCCC4)nn3)cc2)[C@H](c2ccccc2)C1. The molecule has 0 radical (unpaired) electrons. The number of likely N-dealkylation sites (N-methyl/N-ethyl adjacent to an activating group) is 1. The minimum Gasteiger partial charge on any atom is -0.355 e. The molecule has 6 nitrogen and oxygen atoms in total. The predicted molar refractivity (Wildman–Crippen MR) is 127 cm³/mol. The summed E-state index contributed by atoms with van der Waals surface area (Å²) in [7, 11) is 2.11. The van der Waals surface area contributed by atoms with Crippen molar-refractivity contribution in [3.63, 3.8) is 0 Å². The van der Waals surface area contributed by atoms with Crippen LogP contribution in [-0.4, -0.2) is 65.7 Å². The Hall–Kier alpha value is -3.25. The topological polar surface area (TPSA) is 52.6 Å². The molecule has 5 rings (SSSR count). The Morgan fingerprint density at radius 3 is 2.28 bits per heavy atom. The molecule has 2 aliphatic rings. The van der Waals surface area contributed by atoms with Crippen molar-refractivity contribution in [2.24, 2.45) is 0 Å². The van der Waals surface area contributed by atoms with Gasteiger partial charge in [-0.05, 0) is 49.7 Å². The molecule has 164 valence electrons. The summed E-state index contributed by atoms with van der Waals surface area (Å²) >= 11 is 0. The third kappa shape index (κ3) is 4.23. The number of nitrogens with zero attached hydrogens (tertiary/aromatic N) is 5. The second-order valence-electron chi connectivity index (χ2n) is 8.74. The fourth-order valence-corrected chi connectivity index (χ4v) is 4.67. The number of amides is 1. The molecule has 2 aromatic carbocycles. The Kier molecular flexibility index (Phi) is 5.86. The average molecular weight is 428 g/mol. The molecule has 0 unspecified atom stereocenters. The first-order valence-corrected chi connectivity index (χ1v) is 11.4. The molecule has 32 heavy (non-hydrogen) atoms. The lowest BCUT2D eigenvalue weighted by atomic mass is 10.0. The van der Waals surface area contributed by atoms with Gasteiger partial charge < -0.3 is 14.7 Å².